The second kappa shape index (κ2) is 5.60. The third-order valence-corrected chi connectivity index (χ3v) is 4.23. The van der Waals surface area contributed by atoms with Crippen LogP contribution in [0.25, 0.3) is 0 Å². The number of rotatable bonds is 2. The van der Waals surface area contributed by atoms with Crippen molar-refractivity contribution in [2.24, 2.45) is 17.8 Å². The van der Waals surface area contributed by atoms with Gasteiger partial charge in [0, 0.05) is 6.54 Å². The zero-order chi connectivity index (χ0) is 13.2. The molecule has 2 unspecified atom stereocenters. The fraction of sp³-hybridized carbons (Fsp3) is 0.933. The molecule has 3 nitrogen and oxygen atoms in total. The van der Waals surface area contributed by atoms with Gasteiger partial charge in [-0.1, -0.05) is 32.1 Å². The van der Waals surface area contributed by atoms with E-state index >= 15 is 0 Å². The number of hydrogen-bond donors (Lipinski definition) is 1. The molecule has 2 fully saturated rings. The van der Waals surface area contributed by atoms with E-state index in [-0.39, 0.29) is 17.5 Å². The van der Waals surface area contributed by atoms with Crippen LogP contribution in [0, 0.1) is 17.8 Å². The zero-order valence-corrected chi connectivity index (χ0v) is 12.0. The van der Waals surface area contributed by atoms with Gasteiger partial charge in [0.05, 0.1) is 5.92 Å². The zero-order valence-electron chi connectivity index (χ0n) is 12.0. The van der Waals surface area contributed by atoms with Gasteiger partial charge < -0.3 is 10.1 Å². The second-order valence-corrected chi connectivity index (χ2v) is 6.86. The SMILES string of the molecule is CC(C)(C)OC(=O)C1CNCC1C1CCCCC1. The Morgan fingerprint density at radius 3 is 2.39 bits per heavy atom. The lowest BCUT2D eigenvalue weighted by atomic mass is 9.75. The Hall–Kier alpha value is -0.570. The van der Waals surface area contributed by atoms with Gasteiger partial charge in [0.25, 0.3) is 0 Å². The molecular weight excluding hydrogens is 226 g/mol. The van der Waals surface area contributed by atoms with Crippen molar-refractivity contribution in [2.75, 3.05) is 13.1 Å². The van der Waals surface area contributed by atoms with Crippen LogP contribution >= 0.6 is 0 Å². The standard InChI is InChI=1S/C15H27NO2/c1-15(2,3)18-14(17)13-10-16-9-12(13)11-7-5-4-6-8-11/h11-13,16H,4-10H2,1-3H3. The normalized spacial score (nSPS) is 30.4. The minimum absolute atomic E-state index is 0.00285. The van der Waals surface area contributed by atoms with Crippen LogP contribution in [0.3, 0.4) is 0 Å². The van der Waals surface area contributed by atoms with E-state index in [0.29, 0.717) is 5.92 Å². The minimum Gasteiger partial charge on any atom is -0.460 e. The van der Waals surface area contributed by atoms with Gasteiger partial charge in [-0.25, -0.2) is 0 Å². The van der Waals surface area contributed by atoms with Crippen molar-refractivity contribution in [1.82, 2.24) is 5.32 Å². The van der Waals surface area contributed by atoms with Gasteiger partial charge in [-0.3, -0.25) is 4.79 Å². The van der Waals surface area contributed by atoms with E-state index in [9.17, 15) is 4.79 Å². The Balaban J connectivity index is 1.96. The number of nitrogens with one attached hydrogen (secondary N) is 1. The summed E-state index contributed by atoms with van der Waals surface area (Å²) in [6, 6.07) is 0. The van der Waals surface area contributed by atoms with Crippen LogP contribution in [0.2, 0.25) is 0 Å². The monoisotopic (exact) mass is 253 g/mol. The first-order valence-electron chi connectivity index (χ1n) is 7.41. The highest BCUT2D eigenvalue weighted by Gasteiger charge is 2.40. The maximum atomic E-state index is 12.3. The van der Waals surface area contributed by atoms with Crippen molar-refractivity contribution in [3.63, 3.8) is 0 Å². The summed E-state index contributed by atoms with van der Waals surface area (Å²) in [5.41, 5.74) is -0.364. The summed E-state index contributed by atoms with van der Waals surface area (Å²) >= 11 is 0. The number of carbonyl (C=O) groups is 1. The fourth-order valence-corrected chi connectivity index (χ4v) is 3.39. The molecule has 2 aliphatic rings. The highest BCUT2D eigenvalue weighted by molar-refractivity contribution is 5.74. The highest BCUT2D eigenvalue weighted by Crippen LogP contribution is 2.36. The van der Waals surface area contributed by atoms with E-state index in [0.717, 1.165) is 19.0 Å². The van der Waals surface area contributed by atoms with Crippen molar-refractivity contribution in [1.29, 1.82) is 0 Å². The molecule has 1 saturated carbocycles. The summed E-state index contributed by atoms with van der Waals surface area (Å²) < 4.78 is 5.56. The van der Waals surface area contributed by atoms with E-state index in [1.807, 2.05) is 20.8 Å². The van der Waals surface area contributed by atoms with E-state index in [2.05, 4.69) is 5.32 Å². The summed E-state index contributed by atoms with van der Waals surface area (Å²) in [5, 5.41) is 3.39. The number of ether oxygens (including phenoxy) is 1. The molecule has 18 heavy (non-hydrogen) atoms. The molecule has 104 valence electrons. The molecule has 0 aromatic heterocycles. The second-order valence-electron chi connectivity index (χ2n) is 6.86. The molecule has 0 aromatic carbocycles. The maximum absolute atomic E-state index is 12.3. The van der Waals surface area contributed by atoms with Crippen LogP contribution < -0.4 is 5.32 Å². The molecule has 1 aliphatic carbocycles. The fourth-order valence-electron chi connectivity index (χ4n) is 3.39. The molecule has 1 N–H and O–H groups in total. The van der Waals surface area contributed by atoms with Crippen molar-refractivity contribution in [3.8, 4) is 0 Å². The molecular formula is C15H27NO2. The predicted octanol–water partition coefficient (Wildman–Crippen LogP) is 2.74. The van der Waals surface area contributed by atoms with Gasteiger partial charge in [0.15, 0.2) is 0 Å². The smallest absolute Gasteiger partial charge is 0.311 e. The van der Waals surface area contributed by atoms with Crippen molar-refractivity contribution in [3.05, 3.63) is 0 Å². The number of hydrogen-bond acceptors (Lipinski definition) is 3. The molecule has 0 radical (unpaired) electrons. The number of carbonyl (C=O) groups excluding carboxylic acids is 1. The minimum atomic E-state index is -0.364. The van der Waals surface area contributed by atoms with E-state index < -0.39 is 0 Å². The van der Waals surface area contributed by atoms with Crippen molar-refractivity contribution >= 4 is 5.97 Å². The lowest BCUT2D eigenvalue weighted by Gasteiger charge is -2.31. The molecule has 1 heterocycles. The van der Waals surface area contributed by atoms with Crippen LogP contribution in [-0.2, 0) is 9.53 Å². The first-order chi connectivity index (χ1) is 8.47. The summed E-state index contributed by atoms with van der Waals surface area (Å²) in [7, 11) is 0. The molecule has 3 heteroatoms. The molecule has 0 bridgehead atoms. The summed E-state index contributed by atoms with van der Waals surface area (Å²) in [5.74, 6) is 1.31. The molecule has 1 aliphatic heterocycles. The van der Waals surface area contributed by atoms with Gasteiger partial charge in [0.1, 0.15) is 5.60 Å². The van der Waals surface area contributed by atoms with Crippen molar-refractivity contribution < 1.29 is 9.53 Å². The summed E-state index contributed by atoms with van der Waals surface area (Å²) in [4.78, 5) is 12.3. The first-order valence-corrected chi connectivity index (χ1v) is 7.41. The van der Waals surface area contributed by atoms with Crippen LogP contribution in [0.5, 0.6) is 0 Å². The Labute approximate surface area is 111 Å². The van der Waals surface area contributed by atoms with Crippen LogP contribution in [0.1, 0.15) is 52.9 Å². The highest BCUT2D eigenvalue weighted by atomic mass is 16.6. The average molecular weight is 253 g/mol. The molecule has 2 atom stereocenters. The molecule has 0 spiro atoms. The quantitative estimate of drug-likeness (QED) is 0.769. The predicted molar refractivity (Wildman–Crippen MR) is 72.3 cm³/mol. The first kappa shape index (κ1) is 13.9. The maximum Gasteiger partial charge on any atom is 0.311 e. The van der Waals surface area contributed by atoms with E-state index in [4.69, 9.17) is 4.74 Å². The van der Waals surface area contributed by atoms with Crippen LogP contribution in [0.4, 0.5) is 0 Å². The Kier molecular flexibility index (Phi) is 4.31. The molecule has 2 rings (SSSR count). The molecule has 1 saturated heterocycles. The molecule has 0 amide bonds. The van der Waals surface area contributed by atoms with Crippen LogP contribution in [-0.4, -0.2) is 24.7 Å². The topological polar surface area (TPSA) is 38.3 Å². The third-order valence-electron chi connectivity index (χ3n) is 4.23. The van der Waals surface area contributed by atoms with E-state index in [1.165, 1.54) is 32.1 Å². The van der Waals surface area contributed by atoms with Crippen molar-refractivity contribution in [2.45, 2.75) is 58.5 Å². The largest absolute Gasteiger partial charge is 0.460 e. The molecule has 0 aromatic rings. The lowest BCUT2D eigenvalue weighted by molar-refractivity contribution is -0.161. The lowest BCUT2D eigenvalue weighted by Crippen LogP contribution is -2.35. The van der Waals surface area contributed by atoms with Gasteiger partial charge in [0.2, 0.25) is 0 Å². The van der Waals surface area contributed by atoms with Gasteiger partial charge in [-0.2, -0.15) is 0 Å². The van der Waals surface area contributed by atoms with E-state index in [1.54, 1.807) is 0 Å². The Morgan fingerprint density at radius 2 is 1.78 bits per heavy atom. The Morgan fingerprint density at radius 1 is 1.11 bits per heavy atom. The average Bonchev–Trinajstić information content (AvgIpc) is 2.76. The summed E-state index contributed by atoms with van der Waals surface area (Å²) in [6.45, 7) is 7.64. The summed E-state index contributed by atoms with van der Waals surface area (Å²) in [6.07, 6.45) is 6.63. The third kappa shape index (κ3) is 3.47. The number of esters is 1. The Bertz CT molecular complexity index is 289. The van der Waals surface area contributed by atoms with Crippen LogP contribution in [0.15, 0.2) is 0 Å². The van der Waals surface area contributed by atoms with Gasteiger partial charge in [-0.15, -0.1) is 0 Å². The van der Waals surface area contributed by atoms with Gasteiger partial charge in [-0.05, 0) is 39.2 Å². The van der Waals surface area contributed by atoms with Gasteiger partial charge >= 0.3 is 5.97 Å².